The molecule has 0 fully saturated rings. The van der Waals surface area contributed by atoms with Crippen molar-refractivity contribution in [1.82, 2.24) is 0 Å². The monoisotopic (exact) mass is 302 g/mol. The molecule has 3 aromatic carbocycles. The molecule has 0 aromatic heterocycles. The minimum absolute atomic E-state index is 0.477. The first kappa shape index (κ1) is 15.5. The van der Waals surface area contributed by atoms with Crippen LogP contribution < -0.4 is 0 Å². The number of aliphatic hydroxyl groups is 1. The molecule has 1 N–H and O–H groups in total. The summed E-state index contributed by atoms with van der Waals surface area (Å²) >= 11 is 0. The molecular weight excluding hydrogens is 280 g/mol. The molecule has 0 aliphatic rings. The minimum atomic E-state index is -1.14. The number of benzene rings is 3. The van der Waals surface area contributed by atoms with E-state index in [-0.39, 0.29) is 0 Å². The van der Waals surface area contributed by atoms with Gasteiger partial charge in [-0.3, -0.25) is 0 Å². The molecule has 0 unspecified atom stereocenters. The second kappa shape index (κ2) is 6.39. The molecule has 0 heterocycles. The number of rotatable bonds is 4. The SMILES string of the molecule is CC(C)c1ccc(C(O)(c2ccccc2)c2ccccc2)cc1. The van der Waals surface area contributed by atoms with Crippen LogP contribution in [0.1, 0.15) is 42.0 Å². The highest BCUT2D eigenvalue weighted by molar-refractivity contribution is 5.47. The van der Waals surface area contributed by atoms with Crippen molar-refractivity contribution in [3.05, 3.63) is 107 Å². The van der Waals surface area contributed by atoms with E-state index in [4.69, 9.17) is 0 Å². The van der Waals surface area contributed by atoms with Crippen LogP contribution in [-0.2, 0) is 5.60 Å². The highest BCUT2D eigenvalue weighted by atomic mass is 16.3. The van der Waals surface area contributed by atoms with Gasteiger partial charge >= 0.3 is 0 Å². The third-order valence-corrected chi connectivity index (χ3v) is 4.38. The van der Waals surface area contributed by atoms with Gasteiger partial charge in [0.2, 0.25) is 0 Å². The molecule has 0 radical (unpaired) electrons. The van der Waals surface area contributed by atoms with E-state index in [9.17, 15) is 5.11 Å². The maximum absolute atomic E-state index is 11.7. The fraction of sp³-hybridized carbons (Fsp3) is 0.182. The van der Waals surface area contributed by atoms with Crippen molar-refractivity contribution in [1.29, 1.82) is 0 Å². The normalized spacial score (nSPS) is 11.7. The molecule has 0 spiro atoms. The number of hydrogen-bond acceptors (Lipinski definition) is 1. The lowest BCUT2D eigenvalue weighted by atomic mass is 9.80. The van der Waals surface area contributed by atoms with Crippen LogP contribution in [0.2, 0.25) is 0 Å². The molecule has 3 aromatic rings. The van der Waals surface area contributed by atoms with Gasteiger partial charge in [0.05, 0.1) is 0 Å². The van der Waals surface area contributed by atoms with Crippen LogP contribution >= 0.6 is 0 Å². The molecule has 0 atom stereocenters. The van der Waals surface area contributed by atoms with Crippen LogP contribution in [0.25, 0.3) is 0 Å². The lowest BCUT2D eigenvalue weighted by Crippen LogP contribution is -2.28. The first-order chi connectivity index (χ1) is 11.1. The van der Waals surface area contributed by atoms with E-state index in [0.717, 1.165) is 16.7 Å². The third kappa shape index (κ3) is 2.93. The quantitative estimate of drug-likeness (QED) is 0.665. The molecule has 0 bridgehead atoms. The van der Waals surface area contributed by atoms with Gasteiger partial charge in [-0.1, -0.05) is 98.8 Å². The zero-order valence-corrected chi connectivity index (χ0v) is 13.6. The summed E-state index contributed by atoms with van der Waals surface area (Å²) in [6.07, 6.45) is 0. The summed E-state index contributed by atoms with van der Waals surface area (Å²) in [4.78, 5) is 0. The first-order valence-corrected chi connectivity index (χ1v) is 8.06. The summed E-state index contributed by atoms with van der Waals surface area (Å²) in [6, 6.07) is 28.0. The molecule has 23 heavy (non-hydrogen) atoms. The van der Waals surface area contributed by atoms with Gasteiger partial charge in [-0.05, 0) is 28.2 Å². The molecule has 3 rings (SSSR count). The van der Waals surface area contributed by atoms with E-state index >= 15 is 0 Å². The van der Waals surface area contributed by atoms with E-state index in [0.29, 0.717) is 5.92 Å². The van der Waals surface area contributed by atoms with Crippen molar-refractivity contribution in [2.75, 3.05) is 0 Å². The largest absolute Gasteiger partial charge is 0.376 e. The van der Waals surface area contributed by atoms with Gasteiger partial charge in [0.15, 0.2) is 0 Å². The Bertz CT molecular complexity index is 703. The Hall–Kier alpha value is -2.38. The van der Waals surface area contributed by atoms with E-state index in [1.54, 1.807) is 0 Å². The molecule has 0 saturated heterocycles. The van der Waals surface area contributed by atoms with Gasteiger partial charge in [-0.25, -0.2) is 0 Å². The minimum Gasteiger partial charge on any atom is -0.376 e. The predicted molar refractivity (Wildman–Crippen MR) is 95.5 cm³/mol. The van der Waals surface area contributed by atoms with Crippen LogP contribution in [0, 0.1) is 0 Å². The summed E-state index contributed by atoms with van der Waals surface area (Å²) < 4.78 is 0. The Labute approximate surface area is 138 Å². The summed E-state index contributed by atoms with van der Waals surface area (Å²) in [5.41, 5.74) is 2.78. The lowest BCUT2D eigenvalue weighted by molar-refractivity contribution is 0.125. The summed E-state index contributed by atoms with van der Waals surface area (Å²) in [5, 5.41) is 11.7. The van der Waals surface area contributed by atoms with E-state index in [1.807, 2.05) is 72.8 Å². The molecular formula is C22H22O. The lowest BCUT2D eigenvalue weighted by Gasteiger charge is -2.30. The van der Waals surface area contributed by atoms with Crippen molar-refractivity contribution < 1.29 is 5.11 Å². The average molecular weight is 302 g/mol. The molecule has 1 nitrogen and oxygen atoms in total. The summed E-state index contributed by atoms with van der Waals surface area (Å²) in [5.74, 6) is 0.477. The van der Waals surface area contributed by atoms with Crippen molar-refractivity contribution in [2.24, 2.45) is 0 Å². The van der Waals surface area contributed by atoms with Crippen molar-refractivity contribution in [3.8, 4) is 0 Å². The molecule has 116 valence electrons. The van der Waals surface area contributed by atoms with Crippen molar-refractivity contribution >= 4 is 0 Å². The molecule has 1 heteroatoms. The van der Waals surface area contributed by atoms with E-state index in [2.05, 4.69) is 26.0 Å². The van der Waals surface area contributed by atoms with E-state index in [1.165, 1.54) is 5.56 Å². The van der Waals surface area contributed by atoms with E-state index < -0.39 is 5.60 Å². The second-order valence-electron chi connectivity index (χ2n) is 6.22. The Morgan fingerprint density at radius 2 is 1.00 bits per heavy atom. The fourth-order valence-corrected chi connectivity index (χ4v) is 2.97. The standard InChI is InChI=1S/C22H22O/c1-17(2)18-13-15-21(16-14-18)22(23,19-9-5-3-6-10-19)20-11-7-4-8-12-20/h3-17,23H,1-2H3. The second-order valence-corrected chi connectivity index (χ2v) is 6.22. The Morgan fingerprint density at radius 3 is 1.39 bits per heavy atom. The van der Waals surface area contributed by atoms with Crippen LogP contribution in [0.4, 0.5) is 0 Å². The molecule has 0 aliphatic carbocycles. The van der Waals surface area contributed by atoms with Crippen LogP contribution in [0.15, 0.2) is 84.9 Å². The topological polar surface area (TPSA) is 20.2 Å². The van der Waals surface area contributed by atoms with Gasteiger partial charge < -0.3 is 5.11 Å². The van der Waals surface area contributed by atoms with Gasteiger partial charge in [0.1, 0.15) is 5.60 Å². The van der Waals surface area contributed by atoms with Crippen molar-refractivity contribution in [3.63, 3.8) is 0 Å². The smallest absolute Gasteiger partial charge is 0.140 e. The highest BCUT2D eigenvalue weighted by Gasteiger charge is 2.33. The Balaban J connectivity index is 2.16. The highest BCUT2D eigenvalue weighted by Crippen LogP contribution is 2.36. The van der Waals surface area contributed by atoms with Gasteiger partial charge in [0.25, 0.3) is 0 Å². The Morgan fingerprint density at radius 1 is 0.609 bits per heavy atom. The van der Waals surface area contributed by atoms with Gasteiger partial charge in [-0.15, -0.1) is 0 Å². The Kier molecular flexibility index (Phi) is 4.31. The van der Waals surface area contributed by atoms with Gasteiger partial charge in [-0.2, -0.15) is 0 Å². The fourth-order valence-electron chi connectivity index (χ4n) is 2.97. The van der Waals surface area contributed by atoms with Crippen molar-refractivity contribution in [2.45, 2.75) is 25.4 Å². The van der Waals surface area contributed by atoms with Gasteiger partial charge in [0, 0.05) is 0 Å². The van der Waals surface area contributed by atoms with Crippen LogP contribution in [0.3, 0.4) is 0 Å². The maximum Gasteiger partial charge on any atom is 0.140 e. The molecule has 0 aliphatic heterocycles. The summed E-state index contributed by atoms with van der Waals surface area (Å²) in [7, 11) is 0. The summed E-state index contributed by atoms with van der Waals surface area (Å²) in [6.45, 7) is 4.35. The maximum atomic E-state index is 11.7. The average Bonchev–Trinajstić information content (AvgIpc) is 2.62. The number of hydrogen-bond donors (Lipinski definition) is 1. The van der Waals surface area contributed by atoms with Crippen LogP contribution in [0.5, 0.6) is 0 Å². The molecule has 0 saturated carbocycles. The van der Waals surface area contributed by atoms with Crippen LogP contribution in [-0.4, -0.2) is 5.11 Å². The zero-order valence-electron chi connectivity index (χ0n) is 13.6. The predicted octanol–water partition coefficient (Wildman–Crippen LogP) is 5.09. The zero-order chi connectivity index (χ0) is 16.3. The first-order valence-electron chi connectivity index (χ1n) is 8.06. The third-order valence-electron chi connectivity index (χ3n) is 4.38. The molecule has 0 amide bonds.